The zero-order valence-corrected chi connectivity index (χ0v) is 18.0. The van der Waals surface area contributed by atoms with Crippen molar-refractivity contribution in [3.05, 3.63) is 12.7 Å². The second-order valence-corrected chi connectivity index (χ2v) is 8.14. The minimum atomic E-state index is -0.667. The number of fused-ring (bicyclic) bond motifs is 1. The van der Waals surface area contributed by atoms with Crippen LogP contribution in [0.4, 0.5) is 10.6 Å². The number of hydrogen-bond donors (Lipinski definition) is 2. The van der Waals surface area contributed by atoms with Crippen molar-refractivity contribution in [3.8, 4) is 0 Å². The molecule has 3 N–H and O–H groups in total. The van der Waals surface area contributed by atoms with Gasteiger partial charge >= 0.3 is 12.1 Å². The summed E-state index contributed by atoms with van der Waals surface area (Å²) in [6.07, 6.45) is 2.49. The predicted octanol–water partition coefficient (Wildman–Crippen LogP) is 0.638. The summed E-state index contributed by atoms with van der Waals surface area (Å²) < 4.78 is 11.9. The van der Waals surface area contributed by atoms with Crippen LogP contribution in [-0.4, -0.2) is 73.7 Å². The highest BCUT2D eigenvalue weighted by Gasteiger charge is 2.42. The third-order valence-electron chi connectivity index (χ3n) is 4.71. The average molecular weight is 433 g/mol. The Labute approximate surface area is 179 Å². The first-order valence-electron chi connectivity index (χ1n) is 9.96. The van der Waals surface area contributed by atoms with E-state index in [1.807, 2.05) is 0 Å². The summed E-state index contributed by atoms with van der Waals surface area (Å²) >= 11 is 0. The maximum Gasteiger partial charge on any atom is 0.407 e. The summed E-state index contributed by atoms with van der Waals surface area (Å²) in [5, 5.41) is 2.67. The van der Waals surface area contributed by atoms with E-state index in [9.17, 15) is 14.4 Å². The van der Waals surface area contributed by atoms with E-state index in [2.05, 4.69) is 20.3 Å². The molecular weight excluding hydrogens is 406 g/mol. The zero-order chi connectivity index (χ0) is 22.8. The number of rotatable bonds is 6. The molecule has 2 atom stereocenters. The molecule has 168 valence electrons. The van der Waals surface area contributed by atoms with Gasteiger partial charge in [0.25, 0.3) is 0 Å². The maximum absolute atomic E-state index is 13.2. The lowest BCUT2D eigenvalue weighted by molar-refractivity contribution is -0.149. The molecule has 3 heterocycles. The van der Waals surface area contributed by atoms with Crippen LogP contribution in [0, 0.1) is 0 Å². The zero-order valence-electron chi connectivity index (χ0n) is 18.0. The molecule has 2 aromatic heterocycles. The molecule has 1 aliphatic rings. The largest absolute Gasteiger partial charge is 0.465 e. The lowest BCUT2D eigenvalue weighted by Gasteiger charge is -2.25. The van der Waals surface area contributed by atoms with E-state index in [1.54, 1.807) is 32.3 Å². The number of likely N-dealkylation sites (tertiary alicyclic amines) is 1. The molecule has 3 rings (SSSR count). The molecule has 0 radical (unpaired) electrons. The van der Waals surface area contributed by atoms with Crippen molar-refractivity contribution >= 4 is 35.0 Å². The fraction of sp³-hybridized carbons (Fsp3) is 0.579. The lowest BCUT2D eigenvalue weighted by atomic mass is 10.1. The van der Waals surface area contributed by atoms with Crippen LogP contribution in [-0.2, 0) is 19.1 Å². The first-order chi connectivity index (χ1) is 14.6. The Morgan fingerprint density at radius 3 is 2.71 bits per heavy atom. The van der Waals surface area contributed by atoms with Crippen LogP contribution in [0.5, 0.6) is 0 Å². The van der Waals surface area contributed by atoms with Gasteiger partial charge in [-0.3, -0.25) is 9.59 Å². The summed E-state index contributed by atoms with van der Waals surface area (Å²) in [5.74, 6) is -0.623. The van der Waals surface area contributed by atoms with Gasteiger partial charge in [-0.1, -0.05) is 0 Å². The quantitative estimate of drug-likeness (QED) is 0.624. The smallest absolute Gasteiger partial charge is 0.407 e. The molecule has 0 bridgehead atoms. The third-order valence-corrected chi connectivity index (χ3v) is 4.71. The number of nitrogen functional groups attached to an aromatic ring is 1. The highest BCUT2D eigenvalue weighted by atomic mass is 16.6. The van der Waals surface area contributed by atoms with Gasteiger partial charge in [0.05, 0.1) is 19.0 Å². The number of hydrogen-bond acceptors (Lipinski definition) is 9. The topological polar surface area (TPSA) is 155 Å². The van der Waals surface area contributed by atoms with Crippen molar-refractivity contribution in [3.63, 3.8) is 0 Å². The van der Waals surface area contributed by atoms with E-state index in [0.717, 1.165) is 0 Å². The van der Waals surface area contributed by atoms with Gasteiger partial charge in [0, 0.05) is 6.54 Å². The fourth-order valence-electron chi connectivity index (χ4n) is 3.45. The molecule has 0 saturated carbocycles. The van der Waals surface area contributed by atoms with Gasteiger partial charge in [-0.05, 0) is 34.1 Å². The number of anilines is 1. The molecule has 12 heteroatoms. The Morgan fingerprint density at radius 1 is 1.29 bits per heavy atom. The monoisotopic (exact) mass is 433 g/mol. The number of carbonyl (C=O) groups excluding carboxylic acids is 3. The molecule has 2 aromatic rings. The van der Waals surface area contributed by atoms with Crippen molar-refractivity contribution in [2.75, 3.05) is 25.4 Å². The van der Waals surface area contributed by atoms with Crippen LogP contribution in [0.1, 0.15) is 40.2 Å². The van der Waals surface area contributed by atoms with Crippen LogP contribution in [0.3, 0.4) is 0 Å². The van der Waals surface area contributed by atoms with Crippen LogP contribution in [0.2, 0.25) is 0 Å². The number of carbonyl (C=O) groups is 3. The van der Waals surface area contributed by atoms with Gasteiger partial charge in [0.15, 0.2) is 11.5 Å². The molecule has 0 aromatic carbocycles. The first-order valence-corrected chi connectivity index (χ1v) is 9.96. The molecule has 0 spiro atoms. The highest BCUT2D eigenvalue weighted by molar-refractivity contribution is 5.89. The SMILES string of the molecule is CCOC(=O)CN1C(=O)[C@H](n2cnc3c(N)ncnc32)C[C@@H]1CNC(=O)OC(C)(C)C. The normalized spacial score (nSPS) is 19.0. The molecule has 12 nitrogen and oxygen atoms in total. The third kappa shape index (κ3) is 5.01. The van der Waals surface area contributed by atoms with Gasteiger partial charge in [0.2, 0.25) is 5.91 Å². The standard InChI is InChI=1S/C19H27N7O5/c1-5-30-13(27)8-25-11(7-21-18(29)31-19(2,3)4)6-12(17(25)28)26-10-24-14-15(20)22-9-23-16(14)26/h9-12H,5-8H2,1-4H3,(H,21,29)(H2,20,22,23)/t11-,12-/m1/s1. The minimum Gasteiger partial charge on any atom is -0.465 e. The van der Waals surface area contributed by atoms with E-state index in [-0.39, 0.29) is 31.4 Å². The van der Waals surface area contributed by atoms with Gasteiger partial charge in [-0.25, -0.2) is 19.7 Å². The maximum atomic E-state index is 13.2. The van der Waals surface area contributed by atoms with Gasteiger partial charge in [-0.2, -0.15) is 0 Å². The Kier molecular flexibility index (Phi) is 6.27. The second-order valence-electron chi connectivity index (χ2n) is 8.14. The van der Waals surface area contributed by atoms with Crippen molar-refractivity contribution in [2.24, 2.45) is 0 Å². The van der Waals surface area contributed by atoms with Crippen LogP contribution in [0.25, 0.3) is 11.2 Å². The number of aromatic nitrogens is 4. The summed E-state index contributed by atoms with van der Waals surface area (Å²) in [5.41, 5.74) is 6.00. The minimum absolute atomic E-state index is 0.111. The number of nitrogens with zero attached hydrogens (tertiary/aromatic N) is 5. The van der Waals surface area contributed by atoms with Crippen molar-refractivity contribution in [1.29, 1.82) is 0 Å². The molecule has 2 amide bonds. The molecule has 1 fully saturated rings. The molecule has 0 aliphatic carbocycles. The molecule has 31 heavy (non-hydrogen) atoms. The summed E-state index contributed by atoms with van der Waals surface area (Å²) in [6, 6.07) is -1.12. The fourth-order valence-corrected chi connectivity index (χ4v) is 3.45. The van der Waals surface area contributed by atoms with Crippen LogP contribution in [0.15, 0.2) is 12.7 Å². The Morgan fingerprint density at radius 2 is 2.03 bits per heavy atom. The molecule has 1 saturated heterocycles. The van der Waals surface area contributed by atoms with Gasteiger partial charge in [0.1, 0.15) is 30.0 Å². The van der Waals surface area contributed by atoms with Crippen LogP contribution < -0.4 is 11.1 Å². The van der Waals surface area contributed by atoms with Crippen molar-refractivity contribution in [2.45, 2.75) is 51.8 Å². The predicted molar refractivity (Wildman–Crippen MR) is 110 cm³/mol. The number of nitrogens with one attached hydrogen (secondary N) is 1. The average Bonchev–Trinajstić information content (AvgIpc) is 3.22. The first kappa shape index (κ1) is 22.2. The van der Waals surface area contributed by atoms with E-state index in [4.69, 9.17) is 15.2 Å². The van der Waals surface area contributed by atoms with E-state index < -0.39 is 29.7 Å². The summed E-state index contributed by atoms with van der Waals surface area (Å²) in [4.78, 5) is 51.1. The molecule has 1 aliphatic heterocycles. The van der Waals surface area contributed by atoms with Crippen molar-refractivity contribution < 1.29 is 23.9 Å². The number of amides is 2. The molecular formula is C19H27N7O5. The Balaban J connectivity index is 1.82. The number of ether oxygens (including phenoxy) is 2. The van der Waals surface area contributed by atoms with E-state index >= 15 is 0 Å². The number of esters is 1. The second kappa shape index (κ2) is 8.74. The molecule has 0 unspecified atom stereocenters. The Hall–Kier alpha value is -3.44. The highest BCUT2D eigenvalue weighted by Crippen LogP contribution is 2.31. The summed E-state index contributed by atoms with van der Waals surface area (Å²) in [6.45, 7) is 7.04. The Bertz CT molecular complexity index is 984. The number of imidazole rings is 1. The lowest BCUT2D eigenvalue weighted by Crippen LogP contribution is -2.45. The van der Waals surface area contributed by atoms with Crippen molar-refractivity contribution in [1.82, 2.24) is 29.7 Å². The summed E-state index contributed by atoms with van der Waals surface area (Å²) in [7, 11) is 0. The van der Waals surface area contributed by atoms with Gasteiger partial charge < -0.3 is 30.0 Å². The van der Waals surface area contributed by atoms with E-state index in [0.29, 0.717) is 17.6 Å². The van der Waals surface area contributed by atoms with Crippen LogP contribution >= 0.6 is 0 Å². The number of nitrogens with two attached hydrogens (primary N) is 1. The number of alkyl carbamates (subject to hydrolysis) is 1. The van der Waals surface area contributed by atoms with E-state index in [1.165, 1.54) is 17.6 Å². The van der Waals surface area contributed by atoms with Gasteiger partial charge in [-0.15, -0.1) is 0 Å².